The average molecular weight is 185 g/mol. The van der Waals surface area contributed by atoms with Gasteiger partial charge in [0.05, 0.1) is 0 Å². The summed E-state index contributed by atoms with van der Waals surface area (Å²) >= 11 is 0. The Bertz CT molecular complexity index is 205. The van der Waals surface area contributed by atoms with Gasteiger partial charge in [-0.25, -0.2) is 0 Å². The molecule has 0 aromatic carbocycles. The van der Waals surface area contributed by atoms with Crippen molar-refractivity contribution in [1.82, 2.24) is 0 Å². The van der Waals surface area contributed by atoms with Crippen molar-refractivity contribution in [2.24, 2.45) is 16.6 Å². The van der Waals surface area contributed by atoms with Crippen LogP contribution < -0.4 is 5.73 Å². The molecule has 0 radical (unpaired) electrons. The molecule has 2 N–H and O–H groups in total. The van der Waals surface area contributed by atoms with Crippen LogP contribution in [-0.2, 0) is 9.59 Å². The molecule has 0 aromatic rings. The number of carbonyl (C=O) groups is 2. The van der Waals surface area contributed by atoms with Crippen LogP contribution in [0.4, 0.5) is 0 Å². The highest BCUT2D eigenvalue weighted by molar-refractivity contribution is 5.84. The monoisotopic (exact) mass is 185 g/mol. The van der Waals surface area contributed by atoms with Crippen LogP contribution in [0.3, 0.4) is 0 Å². The fourth-order valence-corrected chi connectivity index (χ4v) is 1.32. The Morgan fingerprint density at radius 1 is 1.08 bits per heavy atom. The van der Waals surface area contributed by atoms with Crippen molar-refractivity contribution < 1.29 is 9.59 Å². The van der Waals surface area contributed by atoms with E-state index in [9.17, 15) is 9.59 Å². The van der Waals surface area contributed by atoms with E-state index in [1.807, 2.05) is 13.8 Å². The molecule has 1 amide bonds. The lowest BCUT2D eigenvalue weighted by Gasteiger charge is -2.30. The number of amides is 1. The third kappa shape index (κ3) is 3.17. The molecule has 76 valence electrons. The first-order chi connectivity index (χ1) is 5.59. The Labute approximate surface area is 79.7 Å². The zero-order chi connectivity index (χ0) is 10.9. The molecule has 0 spiro atoms. The molecule has 0 aliphatic carbocycles. The van der Waals surface area contributed by atoms with Gasteiger partial charge in [-0.1, -0.05) is 27.7 Å². The maximum atomic E-state index is 11.2. The van der Waals surface area contributed by atoms with Gasteiger partial charge in [-0.3, -0.25) is 9.59 Å². The fraction of sp³-hybridized carbons (Fsp3) is 0.800. The third-order valence-corrected chi connectivity index (χ3v) is 2.50. The summed E-state index contributed by atoms with van der Waals surface area (Å²) in [7, 11) is 0. The van der Waals surface area contributed by atoms with Gasteiger partial charge in [-0.05, 0) is 13.3 Å². The number of hydrogen-bond acceptors (Lipinski definition) is 2. The highest BCUT2D eigenvalue weighted by Crippen LogP contribution is 2.33. The average Bonchev–Trinajstić information content (AvgIpc) is 1.83. The van der Waals surface area contributed by atoms with Gasteiger partial charge in [0.1, 0.15) is 5.78 Å². The van der Waals surface area contributed by atoms with Gasteiger partial charge in [-0.15, -0.1) is 0 Å². The molecule has 0 atom stereocenters. The van der Waals surface area contributed by atoms with Crippen LogP contribution >= 0.6 is 0 Å². The quantitative estimate of drug-likeness (QED) is 0.721. The van der Waals surface area contributed by atoms with Crippen molar-refractivity contribution in [3.05, 3.63) is 0 Å². The second-order valence-corrected chi connectivity index (χ2v) is 4.86. The first-order valence-corrected chi connectivity index (χ1v) is 4.40. The van der Waals surface area contributed by atoms with Gasteiger partial charge in [0.15, 0.2) is 0 Å². The minimum absolute atomic E-state index is 0.0850. The summed E-state index contributed by atoms with van der Waals surface area (Å²) in [5.41, 5.74) is 4.14. The number of nitrogens with two attached hydrogens (primary N) is 1. The molecular weight excluding hydrogens is 166 g/mol. The van der Waals surface area contributed by atoms with Gasteiger partial charge in [0, 0.05) is 10.8 Å². The van der Waals surface area contributed by atoms with E-state index in [4.69, 9.17) is 5.73 Å². The number of Topliss-reactive ketones (excluding diaryl/α,β-unsaturated/α-hetero) is 1. The van der Waals surface area contributed by atoms with Crippen LogP contribution in [0.2, 0.25) is 0 Å². The molecule has 3 heteroatoms. The Morgan fingerprint density at radius 2 is 1.46 bits per heavy atom. The molecule has 3 nitrogen and oxygen atoms in total. The molecule has 0 aromatic heterocycles. The number of rotatable bonds is 4. The van der Waals surface area contributed by atoms with Crippen molar-refractivity contribution in [2.45, 2.75) is 41.0 Å². The zero-order valence-corrected chi connectivity index (χ0v) is 9.10. The highest BCUT2D eigenvalue weighted by Gasteiger charge is 2.35. The van der Waals surface area contributed by atoms with E-state index in [0.717, 1.165) is 0 Å². The predicted octanol–water partition coefficient (Wildman–Crippen LogP) is 1.50. The zero-order valence-electron chi connectivity index (χ0n) is 9.10. The molecule has 0 heterocycles. The number of ketones is 1. The standard InChI is InChI=1S/C10H19NO2/c1-7(12)9(2,3)6-10(4,5)8(11)13/h6H2,1-5H3,(H2,11,13). The molecule has 0 aliphatic rings. The molecule has 0 fully saturated rings. The Hall–Kier alpha value is -0.860. The van der Waals surface area contributed by atoms with Gasteiger partial charge < -0.3 is 5.73 Å². The van der Waals surface area contributed by atoms with E-state index in [1.54, 1.807) is 13.8 Å². The van der Waals surface area contributed by atoms with E-state index in [2.05, 4.69) is 0 Å². The minimum Gasteiger partial charge on any atom is -0.369 e. The van der Waals surface area contributed by atoms with Gasteiger partial charge in [0.25, 0.3) is 0 Å². The molecule has 0 bridgehead atoms. The molecule has 0 saturated heterocycles. The van der Waals surface area contributed by atoms with E-state index in [0.29, 0.717) is 6.42 Å². The van der Waals surface area contributed by atoms with Crippen LogP contribution in [0.15, 0.2) is 0 Å². The van der Waals surface area contributed by atoms with Gasteiger partial charge in [-0.2, -0.15) is 0 Å². The van der Waals surface area contributed by atoms with E-state index in [-0.39, 0.29) is 11.7 Å². The lowest BCUT2D eigenvalue weighted by Crippen LogP contribution is -2.38. The van der Waals surface area contributed by atoms with Gasteiger partial charge >= 0.3 is 0 Å². The Kier molecular flexibility index (Phi) is 3.25. The summed E-state index contributed by atoms with van der Waals surface area (Å²) in [4.78, 5) is 22.2. The van der Waals surface area contributed by atoms with Crippen molar-refractivity contribution >= 4 is 11.7 Å². The van der Waals surface area contributed by atoms with Crippen molar-refractivity contribution in [1.29, 1.82) is 0 Å². The summed E-state index contributed by atoms with van der Waals surface area (Å²) in [6, 6.07) is 0. The lowest BCUT2D eigenvalue weighted by atomic mass is 9.73. The fourth-order valence-electron chi connectivity index (χ4n) is 1.32. The molecule has 0 unspecified atom stereocenters. The van der Waals surface area contributed by atoms with Crippen molar-refractivity contribution in [3.8, 4) is 0 Å². The van der Waals surface area contributed by atoms with Crippen LogP contribution in [-0.4, -0.2) is 11.7 Å². The normalized spacial score (nSPS) is 12.7. The summed E-state index contributed by atoms with van der Waals surface area (Å²) < 4.78 is 0. The van der Waals surface area contributed by atoms with E-state index in [1.165, 1.54) is 6.92 Å². The topological polar surface area (TPSA) is 60.2 Å². The first kappa shape index (κ1) is 12.1. The van der Waals surface area contributed by atoms with E-state index < -0.39 is 10.8 Å². The van der Waals surface area contributed by atoms with Crippen LogP contribution in [0, 0.1) is 10.8 Å². The van der Waals surface area contributed by atoms with Crippen LogP contribution in [0.25, 0.3) is 0 Å². The Balaban J connectivity index is 4.61. The third-order valence-electron chi connectivity index (χ3n) is 2.50. The largest absolute Gasteiger partial charge is 0.369 e. The minimum atomic E-state index is -0.616. The van der Waals surface area contributed by atoms with Crippen LogP contribution in [0.1, 0.15) is 41.0 Å². The molecule has 0 saturated carbocycles. The number of carbonyl (C=O) groups excluding carboxylic acids is 2. The van der Waals surface area contributed by atoms with Crippen molar-refractivity contribution in [2.75, 3.05) is 0 Å². The summed E-state index contributed by atoms with van der Waals surface area (Å²) in [6.07, 6.45) is 0.491. The van der Waals surface area contributed by atoms with Crippen molar-refractivity contribution in [3.63, 3.8) is 0 Å². The predicted molar refractivity (Wildman–Crippen MR) is 52.1 cm³/mol. The number of primary amides is 1. The Morgan fingerprint density at radius 3 is 1.69 bits per heavy atom. The molecular formula is C10H19NO2. The summed E-state index contributed by atoms with van der Waals surface area (Å²) in [5.74, 6) is -0.274. The highest BCUT2D eigenvalue weighted by atomic mass is 16.1. The number of hydrogen-bond donors (Lipinski definition) is 1. The molecule has 0 aliphatic heterocycles. The molecule has 0 rings (SSSR count). The second-order valence-electron chi connectivity index (χ2n) is 4.86. The maximum Gasteiger partial charge on any atom is 0.223 e. The van der Waals surface area contributed by atoms with Crippen LogP contribution in [0.5, 0.6) is 0 Å². The first-order valence-electron chi connectivity index (χ1n) is 4.40. The maximum absolute atomic E-state index is 11.2. The SMILES string of the molecule is CC(=O)C(C)(C)CC(C)(C)C(N)=O. The van der Waals surface area contributed by atoms with E-state index >= 15 is 0 Å². The smallest absolute Gasteiger partial charge is 0.223 e. The second kappa shape index (κ2) is 3.48. The lowest BCUT2D eigenvalue weighted by molar-refractivity contribution is -0.131. The molecule has 13 heavy (non-hydrogen) atoms. The summed E-state index contributed by atoms with van der Waals surface area (Å²) in [5, 5.41) is 0. The van der Waals surface area contributed by atoms with Gasteiger partial charge in [0.2, 0.25) is 5.91 Å². The summed E-state index contributed by atoms with van der Waals surface area (Å²) in [6.45, 7) is 8.73.